The molecule has 0 bridgehead atoms. The molecule has 1 heterocycles. The Balaban J connectivity index is 1.53. The maximum atomic E-state index is 12.3. The first-order valence-corrected chi connectivity index (χ1v) is 9.19. The minimum atomic E-state index is -0.471. The van der Waals surface area contributed by atoms with E-state index in [4.69, 9.17) is 4.74 Å². The first kappa shape index (κ1) is 19.6. The van der Waals surface area contributed by atoms with Gasteiger partial charge in [-0.3, -0.25) is 19.8 Å². The van der Waals surface area contributed by atoms with Crippen LogP contribution in [0.15, 0.2) is 48.5 Å². The summed E-state index contributed by atoms with van der Waals surface area (Å²) >= 11 is 0. The second kappa shape index (κ2) is 8.71. The molecule has 1 unspecified atom stereocenters. The number of likely N-dealkylation sites (N-methyl/N-ethyl adjacent to an activating group) is 2. The van der Waals surface area contributed by atoms with E-state index in [1.807, 2.05) is 30.1 Å². The summed E-state index contributed by atoms with van der Waals surface area (Å²) in [6.07, 6.45) is -0.0352. The fourth-order valence-electron chi connectivity index (χ4n) is 3.30. The van der Waals surface area contributed by atoms with Crippen LogP contribution in [-0.4, -0.2) is 55.1 Å². The van der Waals surface area contributed by atoms with Gasteiger partial charge in [0.2, 0.25) is 5.91 Å². The summed E-state index contributed by atoms with van der Waals surface area (Å²) in [5, 5.41) is 13.4. The maximum Gasteiger partial charge on any atom is 0.269 e. The van der Waals surface area contributed by atoms with E-state index in [1.54, 1.807) is 0 Å². The zero-order chi connectivity index (χ0) is 20.1. The molecule has 0 aromatic heterocycles. The van der Waals surface area contributed by atoms with Crippen LogP contribution in [0.25, 0.3) is 0 Å². The number of hydrogen-bond donors (Lipinski definition) is 1. The van der Waals surface area contributed by atoms with Crippen LogP contribution in [0.5, 0.6) is 5.75 Å². The van der Waals surface area contributed by atoms with Gasteiger partial charge in [-0.1, -0.05) is 12.1 Å². The van der Waals surface area contributed by atoms with Gasteiger partial charge in [0.15, 0.2) is 0 Å². The average Bonchev–Trinajstić information content (AvgIpc) is 2.67. The quantitative estimate of drug-likeness (QED) is 0.583. The first-order valence-electron chi connectivity index (χ1n) is 9.19. The van der Waals surface area contributed by atoms with Crippen molar-refractivity contribution in [3.63, 3.8) is 0 Å². The number of nitro benzene ring substituents is 1. The average molecular weight is 384 g/mol. The van der Waals surface area contributed by atoms with Crippen molar-refractivity contribution in [2.75, 3.05) is 43.4 Å². The van der Waals surface area contributed by atoms with Crippen molar-refractivity contribution in [1.82, 2.24) is 4.90 Å². The third kappa shape index (κ3) is 4.77. The van der Waals surface area contributed by atoms with Crippen LogP contribution < -0.4 is 15.0 Å². The molecule has 1 aliphatic heterocycles. The Morgan fingerprint density at radius 3 is 2.68 bits per heavy atom. The van der Waals surface area contributed by atoms with E-state index in [1.165, 1.54) is 24.3 Å². The summed E-state index contributed by atoms with van der Waals surface area (Å²) in [6, 6.07) is 13.8. The van der Waals surface area contributed by atoms with Gasteiger partial charge in [-0.25, -0.2) is 0 Å². The van der Waals surface area contributed by atoms with Gasteiger partial charge in [0, 0.05) is 30.9 Å². The molecule has 2 aromatic carbocycles. The molecule has 0 radical (unpaired) electrons. The van der Waals surface area contributed by atoms with Crippen LogP contribution in [0.4, 0.5) is 17.1 Å². The number of anilines is 2. The summed E-state index contributed by atoms with van der Waals surface area (Å²) in [5.41, 5.74) is 1.62. The number of carbonyl (C=O) groups excluding carboxylic acids is 1. The Hall–Kier alpha value is -3.13. The van der Waals surface area contributed by atoms with Gasteiger partial charge in [-0.05, 0) is 38.2 Å². The minimum absolute atomic E-state index is 0.00896. The molecule has 1 amide bonds. The molecule has 1 atom stereocenters. The predicted molar refractivity (Wildman–Crippen MR) is 108 cm³/mol. The van der Waals surface area contributed by atoms with Crippen molar-refractivity contribution in [2.45, 2.75) is 13.0 Å². The van der Waals surface area contributed by atoms with Crippen LogP contribution >= 0.6 is 0 Å². The zero-order valence-electron chi connectivity index (χ0n) is 16.0. The summed E-state index contributed by atoms with van der Waals surface area (Å²) < 4.78 is 6.09. The molecule has 8 heteroatoms. The zero-order valence-corrected chi connectivity index (χ0v) is 16.0. The molecule has 8 nitrogen and oxygen atoms in total. The molecule has 148 valence electrons. The van der Waals surface area contributed by atoms with E-state index >= 15 is 0 Å². The predicted octanol–water partition coefficient (Wildman–Crippen LogP) is 2.75. The highest BCUT2D eigenvalue weighted by Gasteiger charge is 2.25. The number of benzene rings is 2. The van der Waals surface area contributed by atoms with Crippen molar-refractivity contribution < 1.29 is 14.5 Å². The van der Waals surface area contributed by atoms with Gasteiger partial charge in [-0.15, -0.1) is 0 Å². The molecular formula is C20H24N4O4. The Bertz CT molecular complexity index is 840. The highest BCUT2D eigenvalue weighted by atomic mass is 16.6. The lowest BCUT2D eigenvalue weighted by Gasteiger charge is -2.37. The third-order valence-electron chi connectivity index (χ3n) is 4.60. The van der Waals surface area contributed by atoms with E-state index in [-0.39, 0.29) is 24.2 Å². The van der Waals surface area contributed by atoms with Crippen LogP contribution in [0.3, 0.4) is 0 Å². The number of ether oxygens (including phenoxy) is 1. The molecule has 0 fully saturated rings. The molecule has 0 saturated heterocycles. The fourth-order valence-corrected chi connectivity index (χ4v) is 3.30. The molecule has 0 spiro atoms. The van der Waals surface area contributed by atoms with Crippen LogP contribution in [-0.2, 0) is 4.79 Å². The molecular weight excluding hydrogens is 360 g/mol. The summed E-state index contributed by atoms with van der Waals surface area (Å²) in [7, 11) is 1.87. The molecule has 0 saturated carbocycles. The van der Waals surface area contributed by atoms with Crippen molar-refractivity contribution in [2.24, 2.45) is 0 Å². The molecule has 3 rings (SSSR count). The number of para-hydroxylation sites is 2. The van der Waals surface area contributed by atoms with Crippen LogP contribution in [0.2, 0.25) is 0 Å². The number of rotatable bonds is 7. The second-order valence-electron chi connectivity index (χ2n) is 6.80. The summed E-state index contributed by atoms with van der Waals surface area (Å²) in [4.78, 5) is 26.7. The van der Waals surface area contributed by atoms with E-state index in [2.05, 4.69) is 23.2 Å². The summed E-state index contributed by atoms with van der Waals surface area (Å²) in [5.74, 6) is 0.684. The number of amides is 1. The molecule has 28 heavy (non-hydrogen) atoms. The SMILES string of the molecule is CCN1CC(CN(C)CC(=O)Nc2ccc([N+](=O)[O-])cc2)Oc2ccccc21. The Labute approximate surface area is 163 Å². The second-order valence-corrected chi connectivity index (χ2v) is 6.80. The standard InChI is InChI=1S/C20H24N4O4/c1-3-23-13-17(28-19-7-5-4-6-18(19)23)12-22(2)14-20(25)21-15-8-10-16(11-9-15)24(26)27/h4-11,17H,3,12-14H2,1-2H3,(H,21,25). The molecule has 0 aliphatic carbocycles. The number of hydrogen-bond acceptors (Lipinski definition) is 6. The fraction of sp³-hybridized carbons (Fsp3) is 0.350. The lowest BCUT2D eigenvalue weighted by Crippen LogP contribution is -2.46. The first-order chi connectivity index (χ1) is 13.5. The lowest BCUT2D eigenvalue weighted by molar-refractivity contribution is -0.384. The molecule has 1 N–H and O–H groups in total. The number of nitrogens with one attached hydrogen (secondary N) is 1. The Morgan fingerprint density at radius 1 is 1.29 bits per heavy atom. The third-order valence-corrected chi connectivity index (χ3v) is 4.60. The van der Waals surface area contributed by atoms with Crippen molar-refractivity contribution in [1.29, 1.82) is 0 Å². The number of nitro groups is 1. The van der Waals surface area contributed by atoms with E-state index < -0.39 is 4.92 Å². The van der Waals surface area contributed by atoms with E-state index in [0.29, 0.717) is 12.2 Å². The van der Waals surface area contributed by atoms with Gasteiger partial charge in [0.1, 0.15) is 11.9 Å². The lowest BCUT2D eigenvalue weighted by atomic mass is 10.2. The van der Waals surface area contributed by atoms with Crippen LogP contribution in [0.1, 0.15) is 6.92 Å². The Morgan fingerprint density at radius 2 is 2.00 bits per heavy atom. The van der Waals surface area contributed by atoms with Crippen molar-refractivity contribution >= 4 is 23.0 Å². The molecule has 2 aromatic rings. The van der Waals surface area contributed by atoms with Gasteiger partial charge in [0.05, 0.1) is 23.7 Å². The van der Waals surface area contributed by atoms with Crippen molar-refractivity contribution in [3.05, 3.63) is 58.6 Å². The Kier molecular flexibility index (Phi) is 6.10. The van der Waals surface area contributed by atoms with Crippen LogP contribution in [0, 0.1) is 10.1 Å². The monoisotopic (exact) mass is 384 g/mol. The van der Waals surface area contributed by atoms with E-state index in [0.717, 1.165) is 24.5 Å². The van der Waals surface area contributed by atoms with Gasteiger partial charge >= 0.3 is 0 Å². The normalized spacial score (nSPS) is 15.7. The topological polar surface area (TPSA) is 88.0 Å². The van der Waals surface area contributed by atoms with Gasteiger partial charge < -0.3 is 15.0 Å². The van der Waals surface area contributed by atoms with E-state index in [9.17, 15) is 14.9 Å². The highest BCUT2D eigenvalue weighted by Crippen LogP contribution is 2.32. The van der Waals surface area contributed by atoms with Gasteiger partial charge in [-0.2, -0.15) is 0 Å². The van der Waals surface area contributed by atoms with Crippen molar-refractivity contribution in [3.8, 4) is 5.75 Å². The number of non-ortho nitro benzene ring substituents is 1. The smallest absolute Gasteiger partial charge is 0.269 e. The minimum Gasteiger partial charge on any atom is -0.485 e. The van der Waals surface area contributed by atoms with Gasteiger partial charge in [0.25, 0.3) is 5.69 Å². The number of fused-ring (bicyclic) bond motifs is 1. The maximum absolute atomic E-state index is 12.3. The number of carbonyl (C=O) groups is 1. The molecule has 1 aliphatic rings. The largest absolute Gasteiger partial charge is 0.485 e. The number of nitrogens with zero attached hydrogens (tertiary/aromatic N) is 3. The highest BCUT2D eigenvalue weighted by molar-refractivity contribution is 5.92. The summed E-state index contributed by atoms with van der Waals surface area (Å²) in [6.45, 7) is 4.58.